The van der Waals surface area contributed by atoms with Crippen LogP contribution in [0.4, 0.5) is 5.69 Å². The van der Waals surface area contributed by atoms with E-state index < -0.39 is 0 Å². The zero-order chi connectivity index (χ0) is 18.8. The Labute approximate surface area is 163 Å². The van der Waals surface area contributed by atoms with E-state index in [0.717, 1.165) is 15.7 Å². The van der Waals surface area contributed by atoms with Gasteiger partial charge >= 0.3 is 0 Å². The lowest BCUT2D eigenvalue weighted by Crippen LogP contribution is -2.13. The fourth-order valence-electron chi connectivity index (χ4n) is 2.58. The Balaban J connectivity index is 1.56. The number of halogens is 1. The molecule has 0 bridgehead atoms. The van der Waals surface area contributed by atoms with E-state index in [2.05, 4.69) is 36.5 Å². The van der Waals surface area contributed by atoms with Crippen molar-refractivity contribution in [1.82, 2.24) is 19.9 Å². The van der Waals surface area contributed by atoms with Crippen molar-refractivity contribution in [2.45, 2.75) is 6.92 Å². The van der Waals surface area contributed by atoms with Crippen molar-refractivity contribution in [2.24, 2.45) is 0 Å². The maximum absolute atomic E-state index is 12.7. The van der Waals surface area contributed by atoms with Gasteiger partial charge in [0.05, 0.1) is 22.0 Å². The number of carbonyl (C=O) groups excluding carboxylic acids is 1. The smallest absolute Gasteiger partial charge is 0.257 e. The van der Waals surface area contributed by atoms with E-state index in [9.17, 15) is 4.79 Å². The molecule has 0 saturated carbocycles. The lowest BCUT2D eigenvalue weighted by molar-refractivity contribution is 0.102. The number of aryl methyl sites for hydroxylation is 1. The fraction of sp³-hybridized carbons (Fsp3) is 0.0526. The van der Waals surface area contributed by atoms with Crippen molar-refractivity contribution in [3.63, 3.8) is 0 Å². The first kappa shape index (κ1) is 17.2. The highest BCUT2D eigenvalue weighted by atomic mass is 79.9. The third-order valence-corrected chi connectivity index (χ3v) is 4.28. The summed E-state index contributed by atoms with van der Waals surface area (Å²) in [5, 5.41) is 11.0. The second-order valence-corrected chi connectivity index (χ2v) is 6.71. The van der Waals surface area contributed by atoms with E-state index in [1.807, 2.05) is 30.5 Å². The molecular formula is C19H14BrN5O2. The van der Waals surface area contributed by atoms with Crippen molar-refractivity contribution in [2.75, 3.05) is 5.32 Å². The predicted octanol–water partition coefficient (Wildman–Crippen LogP) is 4.25. The van der Waals surface area contributed by atoms with Gasteiger partial charge in [0, 0.05) is 17.3 Å². The number of aromatic nitrogens is 4. The first-order valence-corrected chi connectivity index (χ1v) is 8.91. The molecule has 2 heterocycles. The molecule has 0 fully saturated rings. The Morgan fingerprint density at radius 2 is 1.93 bits per heavy atom. The second kappa shape index (κ2) is 7.16. The Morgan fingerprint density at radius 3 is 2.59 bits per heavy atom. The molecule has 2 aromatic carbocycles. The Kier molecular flexibility index (Phi) is 4.55. The number of para-hydroxylation sites is 2. The minimum atomic E-state index is -0.220. The summed E-state index contributed by atoms with van der Waals surface area (Å²) in [4.78, 5) is 16.8. The molecule has 27 heavy (non-hydrogen) atoms. The lowest BCUT2D eigenvalue weighted by Gasteiger charge is -2.11. The summed E-state index contributed by atoms with van der Waals surface area (Å²) in [5.74, 6) is 0.768. The van der Waals surface area contributed by atoms with Gasteiger partial charge in [-0.1, -0.05) is 17.3 Å². The molecule has 1 N–H and O–H groups in total. The van der Waals surface area contributed by atoms with Crippen LogP contribution in [0, 0.1) is 6.92 Å². The number of benzene rings is 2. The third kappa shape index (κ3) is 3.65. The topological polar surface area (TPSA) is 85.8 Å². The van der Waals surface area contributed by atoms with Gasteiger partial charge in [-0.25, -0.2) is 4.68 Å². The zero-order valence-electron chi connectivity index (χ0n) is 14.3. The number of hydrogen-bond donors (Lipinski definition) is 1. The Hall–Kier alpha value is -3.26. The molecule has 0 aliphatic carbocycles. The van der Waals surface area contributed by atoms with Crippen LogP contribution >= 0.6 is 15.9 Å². The number of nitrogens with zero attached hydrogens (tertiary/aromatic N) is 4. The summed E-state index contributed by atoms with van der Waals surface area (Å²) in [6, 6.07) is 14.5. The van der Waals surface area contributed by atoms with E-state index in [0.29, 0.717) is 23.0 Å². The van der Waals surface area contributed by atoms with Crippen LogP contribution in [0.25, 0.3) is 17.1 Å². The Morgan fingerprint density at radius 1 is 1.15 bits per heavy atom. The van der Waals surface area contributed by atoms with Gasteiger partial charge in [0.15, 0.2) is 5.82 Å². The molecule has 0 aliphatic heterocycles. The molecular weight excluding hydrogens is 410 g/mol. The van der Waals surface area contributed by atoms with E-state index in [4.69, 9.17) is 4.52 Å². The van der Waals surface area contributed by atoms with Crippen LogP contribution in [0.2, 0.25) is 0 Å². The van der Waals surface area contributed by atoms with Crippen molar-refractivity contribution < 1.29 is 9.32 Å². The molecule has 0 saturated heterocycles. The lowest BCUT2D eigenvalue weighted by atomic mass is 10.1. The van der Waals surface area contributed by atoms with Crippen molar-refractivity contribution >= 4 is 27.5 Å². The molecule has 0 radical (unpaired) electrons. The van der Waals surface area contributed by atoms with E-state index in [-0.39, 0.29) is 5.91 Å². The monoisotopic (exact) mass is 423 g/mol. The van der Waals surface area contributed by atoms with E-state index >= 15 is 0 Å². The third-order valence-electron chi connectivity index (χ3n) is 3.87. The number of anilines is 1. The molecule has 0 aliphatic rings. The van der Waals surface area contributed by atoms with Crippen LogP contribution in [-0.4, -0.2) is 25.8 Å². The number of rotatable bonds is 4. The van der Waals surface area contributed by atoms with Crippen LogP contribution in [0.1, 0.15) is 16.2 Å². The second-order valence-electron chi connectivity index (χ2n) is 5.80. The average molecular weight is 424 g/mol. The highest BCUT2D eigenvalue weighted by Gasteiger charge is 2.12. The number of nitrogens with one attached hydrogen (secondary N) is 1. The molecule has 2 aromatic heterocycles. The van der Waals surface area contributed by atoms with Gasteiger partial charge in [0.25, 0.3) is 11.8 Å². The van der Waals surface area contributed by atoms with Gasteiger partial charge in [-0.3, -0.25) is 4.79 Å². The van der Waals surface area contributed by atoms with Crippen LogP contribution in [0.3, 0.4) is 0 Å². The minimum absolute atomic E-state index is 0.220. The summed E-state index contributed by atoms with van der Waals surface area (Å²) < 4.78 is 7.69. The van der Waals surface area contributed by atoms with Gasteiger partial charge in [-0.05, 0) is 59.3 Å². The average Bonchev–Trinajstić information content (AvgIpc) is 3.31. The normalized spacial score (nSPS) is 10.7. The molecule has 7 nitrogen and oxygen atoms in total. The molecule has 0 atom stereocenters. The van der Waals surface area contributed by atoms with E-state index in [1.165, 1.54) is 0 Å². The Bertz CT molecular complexity index is 1100. The summed E-state index contributed by atoms with van der Waals surface area (Å²) in [6.07, 6.45) is 3.52. The molecule has 4 rings (SSSR count). The number of hydrogen-bond acceptors (Lipinski definition) is 5. The summed E-state index contributed by atoms with van der Waals surface area (Å²) >= 11 is 3.38. The van der Waals surface area contributed by atoms with Gasteiger partial charge in [-0.2, -0.15) is 10.1 Å². The quantitative estimate of drug-likeness (QED) is 0.530. The fourth-order valence-corrected chi connectivity index (χ4v) is 2.87. The van der Waals surface area contributed by atoms with Gasteiger partial charge < -0.3 is 9.84 Å². The molecule has 134 valence electrons. The summed E-state index contributed by atoms with van der Waals surface area (Å²) in [5.41, 5.74) is 2.71. The molecule has 0 spiro atoms. The summed E-state index contributed by atoms with van der Waals surface area (Å²) in [6.45, 7) is 1.75. The summed E-state index contributed by atoms with van der Waals surface area (Å²) in [7, 11) is 0. The maximum atomic E-state index is 12.7. The highest BCUT2D eigenvalue weighted by Crippen LogP contribution is 2.23. The van der Waals surface area contributed by atoms with Crippen LogP contribution in [0.15, 0.2) is 69.9 Å². The van der Waals surface area contributed by atoms with Gasteiger partial charge in [0.1, 0.15) is 0 Å². The van der Waals surface area contributed by atoms with Crippen molar-refractivity contribution in [3.05, 3.63) is 76.8 Å². The molecule has 8 heteroatoms. The first-order chi connectivity index (χ1) is 13.1. The standard InChI is InChI=1S/C19H14BrN5O2/c1-12-22-19(27-24-12)14-8-6-13(7-9-14)18(26)23-16-4-2-3-5-17(16)25-11-15(20)10-21-25/h2-11H,1H3,(H,23,26). The van der Waals surface area contributed by atoms with Crippen molar-refractivity contribution in [3.8, 4) is 17.1 Å². The van der Waals surface area contributed by atoms with Crippen LogP contribution in [-0.2, 0) is 0 Å². The highest BCUT2D eigenvalue weighted by molar-refractivity contribution is 9.10. The maximum Gasteiger partial charge on any atom is 0.257 e. The largest absolute Gasteiger partial charge is 0.334 e. The van der Waals surface area contributed by atoms with E-state index in [1.54, 1.807) is 42.1 Å². The van der Waals surface area contributed by atoms with Gasteiger partial charge in [-0.15, -0.1) is 0 Å². The minimum Gasteiger partial charge on any atom is -0.334 e. The number of amides is 1. The first-order valence-electron chi connectivity index (χ1n) is 8.12. The van der Waals surface area contributed by atoms with Gasteiger partial charge in [0.2, 0.25) is 0 Å². The number of carbonyl (C=O) groups is 1. The van der Waals surface area contributed by atoms with Crippen molar-refractivity contribution in [1.29, 1.82) is 0 Å². The predicted molar refractivity (Wildman–Crippen MR) is 104 cm³/mol. The SMILES string of the molecule is Cc1noc(-c2ccc(C(=O)Nc3ccccc3-n3cc(Br)cn3)cc2)n1. The zero-order valence-corrected chi connectivity index (χ0v) is 15.8. The molecule has 4 aromatic rings. The van der Waals surface area contributed by atoms with Crippen LogP contribution in [0.5, 0.6) is 0 Å². The molecule has 0 unspecified atom stereocenters. The molecule has 1 amide bonds. The van der Waals surface area contributed by atoms with Crippen LogP contribution < -0.4 is 5.32 Å².